The van der Waals surface area contributed by atoms with Crippen LogP contribution in [0.15, 0.2) is 53.4 Å². The number of hydrogen-bond acceptors (Lipinski definition) is 3. The molecular weight excluding hydrogens is 317 g/mol. The van der Waals surface area contributed by atoms with Gasteiger partial charge in [-0.25, -0.2) is 17.5 Å². The first kappa shape index (κ1) is 16.1. The number of aryl methyl sites for hydroxylation is 1. The molecule has 0 heterocycles. The summed E-state index contributed by atoms with van der Waals surface area (Å²) >= 11 is 0. The third-order valence-corrected chi connectivity index (χ3v) is 5.59. The molecular formula is C17H18FNO3S. The minimum Gasteiger partial charge on any atom is -0.388 e. The second kappa shape index (κ2) is 6.03. The minimum absolute atomic E-state index is 0.0970. The highest BCUT2D eigenvalue weighted by Gasteiger charge is 2.33. The zero-order chi connectivity index (χ0) is 16.5. The third-order valence-electron chi connectivity index (χ3n) is 4.20. The first-order valence-corrected chi connectivity index (χ1v) is 8.91. The van der Waals surface area contributed by atoms with E-state index in [1.165, 1.54) is 23.8 Å². The molecule has 0 amide bonds. The molecule has 0 radical (unpaired) electrons. The maximum absolute atomic E-state index is 13.2. The van der Waals surface area contributed by atoms with E-state index in [0.29, 0.717) is 19.3 Å². The van der Waals surface area contributed by atoms with Crippen molar-refractivity contribution < 1.29 is 17.9 Å². The van der Waals surface area contributed by atoms with Gasteiger partial charge in [0.1, 0.15) is 5.82 Å². The summed E-state index contributed by atoms with van der Waals surface area (Å²) in [4.78, 5) is -0.141. The van der Waals surface area contributed by atoms with Crippen molar-refractivity contribution in [1.29, 1.82) is 0 Å². The van der Waals surface area contributed by atoms with Gasteiger partial charge in [-0.05, 0) is 42.2 Å². The summed E-state index contributed by atoms with van der Waals surface area (Å²) < 4.78 is 40.0. The lowest BCUT2D eigenvalue weighted by Crippen LogP contribution is -2.46. The Morgan fingerprint density at radius 2 is 1.87 bits per heavy atom. The predicted molar refractivity (Wildman–Crippen MR) is 85.0 cm³/mol. The number of hydrogen-bond donors (Lipinski definition) is 2. The molecule has 0 aliphatic heterocycles. The normalized spacial score (nSPS) is 21.0. The lowest BCUT2D eigenvalue weighted by Gasteiger charge is -2.33. The number of sulfonamides is 1. The Morgan fingerprint density at radius 1 is 1.13 bits per heavy atom. The Kier molecular flexibility index (Phi) is 4.23. The average molecular weight is 335 g/mol. The van der Waals surface area contributed by atoms with Gasteiger partial charge in [-0.2, -0.15) is 0 Å². The molecule has 4 nitrogen and oxygen atoms in total. The van der Waals surface area contributed by atoms with Crippen LogP contribution in [0.3, 0.4) is 0 Å². The molecule has 0 aromatic heterocycles. The second-order valence-corrected chi connectivity index (χ2v) is 7.72. The van der Waals surface area contributed by atoms with Crippen molar-refractivity contribution >= 4 is 10.0 Å². The van der Waals surface area contributed by atoms with Crippen LogP contribution in [0.1, 0.15) is 17.5 Å². The summed E-state index contributed by atoms with van der Waals surface area (Å²) in [6, 6.07) is 12.6. The van der Waals surface area contributed by atoms with Gasteiger partial charge in [0.25, 0.3) is 0 Å². The Morgan fingerprint density at radius 3 is 2.61 bits per heavy atom. The first-order valence-electron chi connectivity index (χ1n) is 7.42. The number of benzene rings is 2. The highest BCUT2D eigenvalue weighted by atomic mass is 32.2. The summed E-state index contributed by atoms with van der Waals surface area (Å²) in [5.74, 6) is -0.613. The van der Waals surface area contributed by atoms with Crippen LogP contribution >= 0.6 is 0 Å². The van der Waals surface area contributed by atoms with Gasteiger partial charge >= 0.3 is 0 Å². The van der Waals surface area contributed by atoms with E-state index in [1.54, 1.807) is 0 Å². The molecule has 0 spiro atoms. The van der Waals surface area contributed by atoms with Crippen LogP contribution in [0.5, 0.6) is 0 Å². The Bertz CT molecular complexity index is 822. The summed E-state index contributed by atoms with van der Waals surface area (Å²) in [7, 11) is -3.85. The lowest BCUT2D eigenvalue weighted by molar-refractivity contribution is 0.0317. The quantitative estimate of drug-likeness (QED) is 0.898. The van der Waals surface area contributed by atoms with Gasteiger partial charge in [0.2, 0.25) is 10.0 Å². The fraction of sp³-hybridized carbons (Fsp3) is 0.294. The maximum Gasteiger partial charge on any atom is 0.240 e. The number of aliphatic hydroxyl groups is 1. The molecule has 23 heavy (non-hydrogen) atoms. The molecule has 0 saturated carbocycles. The molecule has 0 saturated heterocycles. The molecule has 0 unspecified atom stereocenters. The van der Waals surface area contributed by atoms with Crippen molar-refractivity contribution in [1.82, 2.24) is 4.72 Å². The van der Waals surface area contributed by atoms with Gasteiger partial charge in [-0.15, -0.1) is 0 Å². The van der Waals surface area contributed by atoms with Crippen LogP contribution in [-0.2, 0) is 22.9 Å². The number of halogens is 1. The SMILES string of the molecule is O=S(=O)(NC[C@]1(O)CCc2ccccc2C1)c1cccc(F)c1. The molecule has 3 rings (SSSR count). The highest BCUT2D eigenvalue weighted by Crippen LogP contribution is 2.28. The van der Waals surface area contributed by atoms with Crippen LogP contribution in [0.4, 0.5) is 4.39 Å². The average Bonchev–Trinajstić information content (AvgIpc) is 2.53. The smallest absolute Gasteiger partial charge is 0.240 e. The van der Waals surface area contributed by atoms with E-state index in [0.717, 1.165) is 11.6 Å². The van der Waals surface area contributed by atoms with Crippen LogP contribution in [0.25, 0.3) is 0 Å². The highest BCUT2D eigenvalue weighted by molar-refractivity contribution is 7.89. The fourth-order valence-corrected chi connectivity index (χ4v) is 4.03. The summed E-state index contributed by atoms with van der Waals surface area (Å²) in [6.07, 6.45) is 1.58. The van der Waals surface area contributed by atoms with Gasteiger partial charge in [-0.3, -0.25) is 0 Å². The van der Waals surface area contributed by atoms with Crippen molar-refractivity contribution in [2.24, 2.45) is 0 Å². The third kappa shape index (κ3) is 3.60. The minimum atomic E-state index is -3.85. The van der Waals surface area contributed by atoms with E-state index in [4.69, 9.17) is 0 Å². The summed E-state index contributed by atoms with van der Waals surface area (Å²) in [5.41, 5.74) is 1.09. The van der Waals surface area contributed by atoms with Crippen molar-refractivity contribution in [2.75, 3.05) is 6.54 Å². The largest absolute Gasteiger partial charge is 0.388 e. The van der Waals surface area contributed by atoms with Gasteiger partial charge in [0.15, 0.2) is 0 Å². The van der Waals surface area contributed by atoms with Crippen molar-refractivity contribution in [3.63, 3.8) is 0 Å². The van der Waals surface area contributed by atoms with E-state index in [1.807, 2.05) is 24.3 Å². The Balaban J connectivity index is 1.73. The molecule has 1 atom stereocenters. The van der Waals surface area contributed by atoms with Gasteiger partial charge in [0, 0.05) is 13.0 Å². The first-order chi connectivity index (χ1) is 10.9. The van der Waals surface area contributed by atoms with Gasteiger partial charge < -0.3 is 5.11 Å². The molecule has 2 aromatic carbocycles. The van der Waals surface area contributed by atoms with Crippen LogP contribution < -0.4 is 4.72 Å². The number of nitrogens with one attached hydrogen (secondary N) is 1. The zero-order valence-corrected chi connectivity index (χ0v) is 13.3. The second-order valence-electron chi connectivity index (χ2n) is 5.95. The molecule has 122 valence electrons. The van der Waals surface area contributed by atoms with Gasteiger partial charge in [0.05, 0.1) is 10.5 Å². The Hall–Kier alpha value is -1.76. The molecule has 1 aliphatic rings. The van der Waals surface area contributed by atoms with Crippen molar-refractivity contribution in [3.8, 4) is 0 Å². The van der Waals surface area contributed by atoms with Crippen LogP contribution in [-0.4, -0.2) is 25.7 Å². The molecule has 0 bridgehead atoms. The molecule has 2 aromatic rings. The van der Waals surface area contributed by atoms with E-state index >= 15 is 0 Å². The molecule has 0 fully saturated rings. The molecule has 1 aliphatic carbocycles. The topological polar surface area (TPSA) is 66.4 Å². The number of fused-ring (bicyclic) bond motifs is 1. The standard InChI is InChI=1S/C17H18FNO3S/c18-15-6-3-7-16(10-15)23(21,22)19-12-17(20)9-8-13-4-1-2-5-14(13)11-17/h1-7,10,19-20H,8-9,11-12H2/t17-/m0/s1. The summed E-state index contributed by atoms with van der Waals surface area (Å²) in [5, 5.41) is 10.7. The maximum atomic E-state index is 13.2. The fourth-order valence-electron chi connectivity index (χ4n) is 2.88. The molecule has 2 N–H and O–H groups in total. The van der Waals surface area contributed by atoms with Crippen LogP contribution in [0.2, 0.25) is 0 Å². The van der Waals surface area contributed by atoms with E-state index < -0.39 is 21.4 Å². The van der Waals surface area contributed by atoms with Crippen LogP contribution in [0, 0.1) is 5.82 Å². The van der Waals surface area contributed by atoms with Gasteiger partial charge in [-0.1, -0.05) is 30.3 Å². The zero-order valence-electron chi connectivity index (χ0n) is 12.5. The van der Waals surface area contributed by atoms with E-state index in [9.17, 15) is 17.9 Å². The van der Waals surface area contributed by atoms with E-state index in [-0.39, 0.29) is 11.4 Å². The summed E-state index contributed by atoms with van der Waals surface area (Å²) in [6.45, 7) is -0.0970. The predicted octanol–water partition coefficient (Wildman–Crippen LogP) is 2.02. The molecule has 6 heteroatoms. The Labute approximate surface area is 135 Å². The number of rotatable bonds is 4. The van der Waals surface area contributed by atoms with E-state index in [2.05, 4.69) is 4.72 Å². The van der Waals surface area contributed by atoms with Crippen molar-refractivity contribution in [3.05, 3.63) is 65.5 Å². The monoisotopic (exact) mass is 335 g/mol. The van der Waals surface area contributed by atoms with Crippen molar-refractivity contribution in [2.45, 2.75) is 29.8 Å². The lowest BCUT2D eigenvalue weighted by atomic mass is 9.80.